The SMILES string of the molecule is COc1ccc(-n2c(=O)sn(-c3ccccc3C)c2=O)cc1. The van der Waals surface area contributed by atoms with Crippen LogP contribution in [0.3, 0.4) is 0 Å². The summed E-state index contributed by atoms with van der Waals surface area (Å²) >= 11 is 0.893. The number of benzene rings is 2. The Hall–Kier alpha value is -2.60. The van der Waals surface area contributed by atoms with E-state index in [0.29, 0.717) is 11.4 Å². The van der Waals surface area contributed by atoms with Gasteiger partial charge in [0.2, 0.25) is 0 Å². The van der Waals surface area contributed by atoms with Crippen molar-refractivity contribution >= 4 is 11.5 Å². The molecule has 1 aromatic heterocycles. The fourth-order valence-corrected chi connectivity index (χ4v) is 3.10. The van der Waals surface area contributed by atoms with E-state index < -0.39 is 0 Å². The summed E-state index contributed by atoms with van der Waals surface area (Å²) in [7, 11) is 1.57. The van der Waals surface area contributed by atoms with Gasteiger partial charge in [0.1, 0.15) is 5.75 Å². The predicted molar refractivity (Wildman–Crippen MR) is 86.8 cm³/mol. The lowest BCUT2D eigenvalue weighted by Gasteiger charge is -2.04. The van der Waals surface area contributed by atoms with Crippen molar-refractivity contribution in [2.24, 2.45) is 0 Å². The summed E-state index contributed by atoms with van der Waals surface area (Å²) in [6.45, 7) is 1.91. The summed E-state index contributed by atoms with van der Waals surface area (Å²) in [5.74, 6) is 0.672. The average molecular weight is 314 g/mol. The molecule has 0 radical (unpaired) electrons. The number of aromatic nitrogens is 2. The fraction of sp³-hybridized carbons (Fsp3) is 0.125. The van der Waals surface area contributed by atoms with Crippen molar-refractivity contribution in [2.45, 2.75) is 6.92 Å². The maximum Gasteiger partial charge on any atom is 0.350 e. The van der Waals surface area contributed by atoms with Crippen LogP contribution in [0.4, 0.5) is 0 Å². The highest BCUT2D eigenvalue weighted by atomic mass is 32.1. The Bertz CT molecular complexity index is 920. The van der Waals surface area contributed by atoms with E-state index in [1.807, 2.05) is 31.2 Å². The lowest BCUT2D eigenvalue weighted by molar-refractivity contribution is 0.414. The third-order valence-electron chi connectivity index (χ3n) is 3.38. The highest BCUT2D eigenvalue weighted by Gasteiger charge is 2.14. The predicted octanol–water partition coefficient (Wildman–Crippen LogP) is 2.37. The number of methoxy groups -OCH3 is 1. The summed E-state index contributed by atoms with van der Waals surface area (Å²) in [5.41, 5.74) is 1.82. The third-order valence-corrected chi connectivity index (χ3v) is 4.26. The van der Waals surface area contributed by atoms with E-state index in [4.69, 9.17) is 4.74 Å². The first kappa shape index (κ1) is 14.3. The number of nitrogens with zero attached hydrogens (tertiary/aromatic N) is 2. The lowest BCUT2D eigenvalue weighted by Crippen LogP contribution is -2.26. The van der Waals surface area contributed by atoms with Gasteiger partial charge in [0, 0.05) is 11.5 Å². The van der Waals surface area contributed by atoms with Crippen LogP contribution >= 0.6 is 11.5 Å². The van der Waals surface area contributed by atoms with Crippen molar-refractivity contribution < 1.29 is 4.74 Å². The number of aryl methyl sites for hydroxylation is 1. The molecule has 112 valence electrons. The van der Waals surface area contributed by atoms with Crippen LogP contribution in [0.25, 0.3) is 11.4 Å². The molecule has 0 saturated heterocycles. The van der Waals surface area contributed by atoms with Crippen molar-refractivity contribution in [2.75, 3.05) is 7.11 Å². The van der Waals surface area contributed by atoms with Crippen LogP contribution in [0, 0.1) is 6.92 Å². The van der Waals surface area contributed by atoms with Crippen molar-refractivity contribution in [3.8, 4) is 17.1 Å². The molecule has 3 rings (SSSR count). The van der Waals surface area contributed by atoms with Gasteiger partial charge in [-0.1, -0.05) is 18.2 Å². The Balaban J connectivity index is 2.17. The molecule has 0 N–H and O–H groups in total. The van der Waals surface area contributed by atoms with E-state index in [1.54, 1.807) is 31.4 Å². The van der Waals surface area contributed by atoms with Crippen LogP contribution in [0.1, 0.15) is 5.56 Å². The molecule has 5 nitrogen and oxygen atoms in total. The third kappa shape index (κ3) is 2.37. The molecule has 0 aliphatic rings. The Labute approximate surface area is 130 Å². The van der Waals surface area contributed by atoms with Gasteiger partial charge in [0.05, 0.1) is 18.5 Å². The molecule has 0 unspecified atom stereocenters. The average Bonchev–Trinajstić information content (AvgIpc) is 2.83. The largest absolute Gasteiger partial charge is 0.497 e. The summed E-state index contributed by atoms with van der Waals surface area (Å²) in [6.07, 6.45) is 0. The summed E-state index contributed by atoms with van der Waals surface area (Å²) in [6, 6.07) is 14.3. The van der Waals surface area contributed by atoms with Gasteiger partial charge in [-0.25, -0.2) is 13.3 Å². The highest BCUT2D eigenvalue weighted by Crippen LogP contribution is 2.15. The number of hydrogen-bond acceptors (Lipinski definition) is 4. The van der Waals surface area contributed by atoms with Gasteiger partial charge in [-0.15, -0.1) is 0 Å². The van der Waals surface area contributed by atoms with Crippen LogP contribution < -0.4 is 15.3 Å². The molecule has 0 spiro atoms. The van der Waals surface area contributed by atoms with Crippen LogP contribution in [0.5, 0.6) is 5.75 Å². The van der Waals surface area contributed by atoms with Crippen LogP contribution in [-0.4, -0.2) is 15.6 Å². The fourth-order valence-electron chi connectivity index (χ4n) is 2.22. The topological polar surface area (TPSA) is 53.2 Å². The normalized spacial score (nSPS) is 10.6. The molecule has 3 aromatic rings. The number of ether oxygens (including phenoxy) is 1. The zero-order valence-electron chi connectivity index (χ0n) is 12.1. The molecule has 6 heteroatoms. The zero-order valence-corrected chi connectivity index (χ0v) is 13.0. The molecule has 0 aliphatic heterocycles. The van der Waals surface area contributed by atoms with Gasteiger partial charge in [-0.05, 0) is 42.8 Å². The molecule has 0 fully saturated rings. The van der Waals surface area contributed by atoms with Crippen LogP contribution in [0.2, 0.25) is 0 Å². The van der Waals surface area contributed by atoms with Crippen molar-refractivity contribution in [1.29, 1.82) is 0 Å². The number of para-hydroxylation sites is 1. The van der Waals surface area contributed by atoms with E-state index in [9.17, 15) is 9.59 Å². The Morgan fingerprint density at radius 3 is 2.32 bits per heavy atom. The van der Waals surface area contributed by atoms with E-state index >= 15 is 0 Å². The van der Waals surface area contributed by atoms with Gasteiger partial charge in [0.15, 0.2) is 0 Å². The van der Waals surface area contributed by atoms with Crippen molar-refractivity contribution in [1.82, 2.24) is 8.52 Å². The van der Waals surface area contributed by atoms with Gasteiger partial charge in [0.25, 0.3) is 0 Å². The summed E-state index contributed by atoms with van der Waals surface area (Å²) in [4.78, 5) is 24.5. The quantitative estimate of drug-likeness (QED) is 0.746. The second kappa shape index (κ2) is 5.65. The van der Waals surface area contributed by atoms with Crippen LogP contribution in [-0.2, 0) is 0 Å². The first-order valence-electron chi connectivity index (χ1n) is 6.67. The van der Waals surface area contributed by atoms with Gasteiger partial charge in [-0.2, -0.15) is 0 Å². The molecule has 0 aliphatic carbocycles. The highest BCUT2D eigenvalue weighted by molar-refractivity contribution is 7.03. The second-order valence-corrected chi connectivity index (χ2v) is 5.65. The maximum atomic E-state index is 12.6. The smallest absolute Gasteiger partial charge is 0.350 e. The Morgan fingerprint density at radius 2 is 1.68 bits per heavy atom. The Kier molecular flexibility index (Phi) is 3.68. The maximum absolute atomic E-state index is 12.6. The minimum atomic E-state index is -0.366. The molecule has 1 heterocycles. The van der Waals surface area contributed by atoms with Crippen LogP contribution in [0.15, 0.2) is 58.1 Å². The summed E-state index contributed by atoms with van der Waals surface area (Å²) in [5, 5.41) is 0. The molecule has 2 aromatic carbocycles. The van der Waals surface area contributed by atoms with Gasteiger partial charge >= 0.3 is 10.6 Å². The molecule has 0 bridgehead atoms. The minimum absolute atomic E-state index is 0.321. The molecular formula is C16H14N2O3S. The van der Waals surface area contributed by atoms with E-state index in [1.165, 1.54) is 3.96 Å². The number of rotatable bonds is 3. The van der Waals surface area contributed by atoms with E-state index in [0.717, 1.165) is 27.4 Å². The monoisotopic (exact) mass is 314 g/mol. The van der Waals surface area contributed by atoms with E-state index in [-0.39, 0.29) is 10.6 Å². The molecule has 22 heavy (non-hydrogen) atoms. The van der Waals surface area contributed by atoms with Gasteiger partial charge in [-0.3, -0.25) is 4.79 Å². The number of hydrogen-bond donors (Lipinski definition) is 0. The minimum Gasteiger partial charge on any atom is -0.497 e. The molecular weight excluding hydrogens is 300 g/mol. The Morgan fingerprint density at radius 1 is 1.00 bits per heavy atom. The van der Waals surface area contributed by atoms with E-state index in [2.05, 4.69) is 0 Å². The van der Waals surface area contributed by atoms with Gasteiger partial charge < -0.3 is 4.74 Å². The molecule has 0 saturated carbocycles. The lowest BCUT2D eigenvalue weighted by atomic mass is 10.2. The molecule has 0 atom stereocenters. The first-order chi connectivity index (χ1) is 10.6. The zero-order chi connectivity index (χ0) is 15.7. The standard InChI is InChI=1S/C16H14N2O3S/c1-11-5-3-4-6-14(11)18-15(19)17(16(20)22-18)12-7-9-13(21-2)10-8-12/h3-10H,1-2H3. The van der Waals surface area contributed by atoms with Crippen molar-refractivity contribution in [3.63, 3.8) is 0 Å². The molecule has 0 amide bonds. The van der Waals surface area contributed by atoms with Crippen molar-refractivity contribution in [3.05, 3.63) is 74.2 Å². The first-order valence-corrected chi connectivity index (χ1v) is 7.45. The second-order valence-electron chi connectivity index (χ2n) is 4.75. The summed E-state index contributed by atoms with van der Waals surface area (Å²) < 4.78 is 7.67.